The van der Waals surface area contributed by atoms with Crippen molar-refractivity contribution in [3.8, 4) is 0 Å². The van der Waals surface area contributed by atoms with Gasteiger partial charge in [-0.2, -0.15) is 5.10 Å². The average molecular weight is 350 g/mol. The van der Waals surface area contributed by atoms with Crippen molar-refractivity contribution in [2.24, 2.45) is 5.10 Å². The maximum atomic E-state index is 13.8. The molecule has 1 amide bonds. The molecule has 0 aliphatic carbocycles. The number of hydrogen-bond donors (Lipinski definition) is 1. The number of alkyl halides is 2. The van der Waals surface area contributed by atoms with Gasteiger partial charge in [-0.25, -0.2) is 23.0 Å². The lowest BCUT2D eigenvalue weighted by atomic mass is 10.1. The lowest BCUT2D eigenvalue weighted by Crippen LogP contribution is -2.23. The number of hydrogen-bond acceptors (Lipinski definition) is 3. The zero-order valence-corrected chi connectivity index (χ0v) is 13.0. The van der Waals surface area contributed by atoms with Gasteiger partial charge in [-0.1, -0.05) is 18.2 Å². The topological polar surface area (TPSA) is 70.0 Å². The van der Waals surface area contributed by atoms with E-state index in [9.17, 15) is 22.8 Å². The molecule has 5 nitrogen and oxygen atoms in total. The number of rotatable bonds is 5. The monoisotopic (exact) mass is 350 g/mol. The summed E-state index contributed by atoms with van der Waals surface area (Å²) >= 11 is 0. The van der Waals surface area contributed by atoms with Crippen LogP contribution in [0.1, 0.15) is 38.3 Å². The minimum absolute atomic E-state index is 0.0493. The van der Waals surface area contributed by atoms with E-state index in [1.165, 1.54) is 37.4 Å². The summed E-state index contributed by atoms with van der Waals surface area (Å²) in [6, 6.07) is 8.41. The van der Waals surface area contributed by atoms with E-state index in [0.717, 1.165) is 23.4 Å². The van der Waals surface area contributed by atoms with Crippen LogP contribution < -0.4 is 0 Å². The Balaban J connectivity index is 2.22. The van der Waals surface area contributed by atoms with Gasteiger partial charge in [0.1, 0.15) is 5.82 Å². The van der Waals surface area contributed by atoms with Crippen LogP contribution in [0.25, 0.3) is 0 Å². The normalized spacial score (nSPS) is 11.1. The molecule has 0 heterocycles. The number of amides is 1. The van der Waals surface area contributed by atoms with Crippen LogP contribution in [0.4, 0.5) is 13.2 Å². The fraction of sp³-hybridized carbons (Fsp3) is 0.118. The Labute approximate surface area is 141 Å². The first-order valence-electron chi connectivity index (χ1n) is 7.03. The SMILES string of the molecule is CN(N=Cc1ccc(C(=O)O)cc1F)C(=O)c1ccccc1C(F)F. The molecule has 1 N–H and O–H groups in total. The first-order chi connectivity index (χ1) is 11.8. The maximum Gasteiger partial charge on any atom is 0.335 e. The number of nitrogens with zero attached hydrogens (tertiary/aromatic N) is 2. The smallest absolute Gasteiger partial charge is 0.335 e. The number of carboxylic acids is 1. The molecule has 0 spiro atoms. The molecule has 8 heteroatoms. The molecule has 0 saturated heterocycles. The van der Waals surface area contributed by atoms with E-state index in [1.54, 1.807) is 0 Å². The van der Waals surface area contributed by atoms with Crippen molar-refractivity contribution in [1.29, 1.82) is 0 Å². The first-order valence-corrected chi connectivity index (χ1v) is 7.03. The van der Waals surface area contributed by atoms with E-state index < -0.39 is 29.7 Å². The van der Waals surface area contributed by atoms with Gasteiger partial charge in [0.15, 0.2) is 0 Å². The van der Waals surface area contributed by atoms with Gasteiger partial charge in [0.25, 0.3) is 12.3 Å². The summed E-state index contributed by atoms with van der Waals surface area (Å²) in [5.41, 5.74) is -0.915. The van der Waals surface area contributed by atoms with Gasteiger partial charge in [0.05, 0.1) is 17.3 Å². The summed E-state index contributed by atoms with van der Waals surface area (Å²) in [7, 11) is 1.24. The fourth-order valence-corrected chi connectivity index (χ4v) is 2.02. The van der Waals surface area contributed by atoms with Crippen LogP contribution in [0, 0.1) is 5.82 Å². The van der Waals surface area contributed by atoms with Gasteiger partial charge in [0.2, 0.25) is 0 Å². The minimum atomic E-state index is -2.82. The third-order valence-corrected chi connectivity index (χ3v) is 3.34. The Hall–Kier alpha value is -3.16. The van der Waals surface area contributed by atoms with E-state index in [1.807, 2.05) is 0 Å². The molecule has 130 valence electrons. The van der Waals surface area contributed by atoms with Crippen molar-refractivity contribution < 1.29 is 27.9 Å². The Morgan fingerprint density at radius 3 is 2.48 bits per heavy atom. The van der Waals surface area contributed by atoms with Crippen LogP contribution in [0.2, 0.25) is 0 Å². The van der Waals surface area contributed by atoms with Crippen molar-refractivity contribution in [1.82, 2.24) is 5.01 Å². The van der Waals surface area contributed by atoms with Crippen LogP contribution in [-0.4, -0.2) is 35.3 Å². The number of aromatic carboxylic acids is 1. The van der Waals surface area contributed by atoms with Crippen LogP contribution >= 0.6 is 0 Å². The zero-order chi connectivity index (χ0) is 18.6. The van der Waals surface area contributed by atoms with Crippen molar-refractivity contribution in [2.45, 2.75) is 6.43 Å². The number of halogens is 3. The van der Waals surface area contributed by atoms with Crippen molar-refractivity contribution in [3.63, 3.8) is 0 Å². The Bertz CT molecular complexity index is 838. The summed E-state index contributed by atoms with van der Waals surface area (Å²) in [5.74, 6) is -2.90. The second-order valence-corrected chi connectivity index (χ2v) is 5.00. The second-order valence-electron chi connectivity index (χ2n) is 5.00. The summed E-state index contributed by atoms with van der Waals surface area (Å²) < 4.78 is 39.7. The first kappa shape index (κ1) is 18.2. The van der Waals surface area contributed by atoms with Gasteiger partial charge < -0.3 is 5.11 Å². The number of carbonyl (C=O) groups is 2. The molecule has 0 aliphatic heterocycles. The van der Waals surface area contributed by atoms with Gasteiger partial charge in [-0.05, 0) is 24.3 Å². The van der Waals surface area contributed by atoms with Gasteiger partial charge in [0, 0.05) is 18.2 Å². The molecule has 0 bridgehead atoms. The highest BCUT2D eigenvalue weighted by atomic mass is 19.3. The molecular formula is C17H13F3N2O3. The lowest BCUT2D eigenvalue weighted by molar-refractivity contribution is 0.0695. The van der Waals surface area contributed by atoms with E-state index >= 15 is 0 Å². The summed E-state index contributed by atoms with van der Waals surface area (Å²) in [4.78, 5) is 23.0. The van der Waals surface area contributed by atoms with Gasteiger partial charge in [-0.3, -0.25) is 4.79 Å². The number of carboxylic acid groups (broad SMARTS) is 1. The van der Waals surface area contributed by atoms with Gasteiger partial charge in [-0.15, -0.1) is 0 Å². The fourth-order valence-electron chi connectivity index (χ4n) is 2.02. The largest absolute Gasteiger partial charge is 0.478 e. The van der Waals surface area contributed by atoms with Crippen LogP contribution in [-0.2, 0) is 0 Å². The Morgan fingerprint density at radius 2 is 1.88 bits per heavy atom. The molecule has 0 aliphatic rings. The number of hydrazone groups is 1. The predicted molar refractivity (Wildman–Crippen MR) is 84.4 cm³/mol. The summed E-state index contributed by atoms with van der Waals surface area (Å²) in [6.07, 6.45) is -1.82. The maximum absolute atomic E-state index is 13.8. The zero-order valence-electron chi connectivity index (χ0n) is 13.0. The molecule has 0 atom stereocenters. The van der Waals surface area contributed by atoms with E-state index in [2.05, 4.69) is 5.10 Å². The summed E-state index contributed by atoms with van der Waals surface area (Å²) in [6.45, 7) is 0. The minimum Gasteiger partial charge on any atom is -0.478 e. The highest BCUT2D eigenvalue weighted by Crippen LogP contribution is 2.23. The summed E-state index contributed by atoms with van der Waals surface area (Å²) in [5, 5.41) is 13.3. The standard InChI is InChI=1S/C17H13F3N2O3/c1-22(16(23)13-5-3-2-4-12(13)15(19)20)21-9-11-7-6-10(17(24)25)8-14(11)18/h2-9,15H,1H3,(H,24,25). The van der Waals surface area contributed by atoms with Crippen molar-refractivity contribution in [2.75, 3.05) is 7.05 Å². The van der Waals surface area contributed by atoms with E-state index in [4.69, 9.17) is 5.11 Å². The Kier molecular flexibility index (Phi) is 5.53. The molecular weight excluding hydrogens is 337 g/mol. The number of carbonyl (C=O) groups excluding carboxylic acids is 1. The van der Waals surface area contributed by atoms with Crippen molar-refractivity contribution in [3.05, 3.63) is 70.5 Å². The third-order valence-electron chi connectivity index (χ3n) is 3.34. The van der Waals surface area contributed by atoms with E-state index in [-0.39, 0.29) is 16.7 Å². The molecule has 0 aromatic heterocycles. The molecule has 2 aromatic rings. The quantitative estimate of drug-likeness (QED) is 0.662. The second kappa shape index (κ2) is 7.61. The number of benzene rings is 2. The van der Waals surface area contributed by atoms with Gasteiger partial charge >= 0.3 is 5.97 Å². The predicted octanol–water partition coefficient (Wildman–Crippen LogP) is 3.57. The van der Waals surface area contributed by atoms with Crippen LogP contribution in [0.5, 0.6) is 0 Å². The molecule has 2 rings (SSSR count). The third kappa shape index (κ3) is 4.23. The average Bonchev–Trinajstić information content (AvgIpc) is 2.59. The highest BCUT2D eigenvalue weighted by Gasteiger charge is 2.20. The molecule has 0 radical (unpaired) electrons. The van der Waals surface area contributed by atoms with Crippen LogP contribution in [0.15, 0.2) is 47.6 Å². The molecule has 2 aromatic carbocycles. The van der Waals surface area contributed by atoms with E-state index in [0.29, 0.717) is 0 Å². The molecule has 0 fully saturated rings. The van der Waals surface area contributed by atoms with Crippen LogP contribution in [0.3, 0.4) is 0 Å². The molecule has 0 saturated carbocycles. The lowest BCUT2D eigenvalue weighted by Gasteiger charge is -2.13. The Morgan fingerprint density at radius 1 is 1.20 bits per heavy atom. The molecule has 0 unspecified atom stereocenters. The highest BCUT2D eigenvalue weighted by molar-refractivity contribution is 5.96. The van der Waals surface area contributed by atoms with Crippen molar-refractivity contribution >= 4 is 18.1 Å². The molecule has 25 heavy (non-hydrogen) atoms.